The number of piperazine rings is 1. The summed E-state index contributed by atoms with van der Waals surface area (Å²) in [5.74, 6) is -1.38. The SMILES string of the molecule is COC(=O)c1cc(Cl)c2ccc(-c3ccc(N4CCN(C(=O)OC(C)(C)C)CC4C)c(C=O)c3F)nn12. The number of benzene rings is 1. The van der Waals surface area contributed by atoms with Gasteiger partial charge in [-0.1, -0.05) is 11.6 Å². The van der Waals surface area contributed by atoms with Gasteiger partial charge >= 0.3 is 12.1 Å². The summed E-state index contributed by atoms with van der Waals surface area (Å²) in [6.07, 6.45) is 0.0699. The fraction of sp³-hybridized carbons (Fsp3) is 0.385. The Balaban J connectivity index is 1.66. The summed E-state index contributed by atoms with van der Waals surface area (Å²) in [5.41, 5.74) is 0.544. The molecule has 9 nitrogen and oxygen atoms in total. The number of amides is 1. The highest BCUT2D eigenvalue weighted by Crippen LogP contribution is 2.33. The summed E-state index contributed by atoms with van der Waals surface area (Å²) in [5, 5.41) is 4.69. The monoisotopic (exact) mass is 530 g/mol. The molecule has 1 saturated heterocycles. The lowest BCUT2D eigenvalue weighted by Gasteiger charge is -2.42. The Morgan fingerprint density at radius 3 is 2.54 bits per heavy atom. The lowest BCUT2D eigenvalue weighted by Crippen LogP contribution is -2.54. The Morgan fingerprint density at radius 1 is 1.19 bits per heavy atom. The number of ether oxygens (including phenoxy) is 2. The summed E-state index contributed by atoms with van der Waals surface area (Å²) >= 11 is 6.21. The molecule has 1 atom stereocenters. The minimum atomic E-state index is -0.737. The molecule has 1 aromatic carbocycles. The molecule has 0 bridgehead atoms. The van der Waals surface area contributed by atoms with E-state index in [2.05, 4.69) is 5.10 Å². The Labute approximate surface area is 218 Å². The summed E-state index contributed by atoms with van der Waals surface area (Å²) in [4.78, 5) is 40.2. The molecule has 1 fully saturated rings. The van der Waals surface area contributed by atoms with Crippen molar-refractivity contribution >= 4 is 41.2 Å². The van der Waals surface area contributed by atoms with Gasteiger partial charge in [0.1, 0.15) is 11.4 Å². The van der Waals surface area contributed by atoms with E-state index >= 15 is 4.39 Å². The van der Waals surface area contributed by atoms with Gasteiger partial charge in [-0.3, -0.25) is 4.79 Å². The van der Waals surface area contributed by atoms with Gasteiger partial charge in [0, 0.05) is 31.2 Å². The van der Waals surface area contributed by atoms with Crippen LogP contribution < -0.4 is 4.90 Å². The number of methoxy groups -OCH3 is 1. The number of carbonyl (C=O) groups excluding carboxylic acids is 3. The maximum Gasteiger partial charge on any atom is 0.410 e. The predicted octanol–water partition coefficient (Wildman–Crippen LogP) is 4.84. The van der Waals surface area contributed by atoms with Gasteiger partial charge in [0.05, 0.1) is 34.6 Å². The van der Waals surface area contributed by atoms with Crippen molar-refractivity contribution in [3.63, 3.8) is 0 Å². The van der Waals surface area contributed by atoms with Crippen LogP contribution in [0.3, 0.4) is 0 Å². The van der Waals surface area contributed by atoms with Gasteiger partial charge in [-0.15, -0.1) is 0 Å². The van der Waals surface area contributed by atoms with Crippen LogP contribution in [0.4, 0.5) is 14.9 Å². The van der Waals surface area contributed by atoms with E-state index in [0.29, 0.717) is 42.1 Å². The Bertz CT molecular complexity index is 1380. The van der Waals surface area contributed by atoms with Crippen LogP contribution in [0.15, 0.2) is 30.3 Å². The van der Waals surface area contributed by atoms with E-state index in [0.717, 1.165) is 0 Å². The molecule has 3 heterocycles. The van der Waals surface area contributed by atoms with Crippen LogP contribution in [0.1, 0.15) is 48.5 Å². The van der Waals surface area contributed by atoms with Crippen LogP contribution >= 0.6 is 11.6 Å². The van der Waals surface area contributed by atoms with Crippen molar-refractivity contribution in [1.29, 1.82) is 0 Å². The zero-order valence-electron chi connectivity index (χ0n) is 21.2. The van der Waals surface area contributed by atoms with Crippen LogP contribution in [-0.4, -0.2) is 71.2 Å². The van der Waals surface area contributed by atoms with Crippen molar-refractivity contribution < 1.29 is 28.2 Å². The summed E-state index contributed by atoms with van der Waals surface area (Å²) < 4.78 is 27.2. The van der Waals surface area contributed by atoms with Crippen molar-refractivity contribution in [3.8, 4) is 11.3 Å². The Hall–Kier alpha value is -3.66. The molecule has 1 aliphatic rings. The number of anilines is 1. The van der Waals surface area contributed by atoms with E-state index in [9.17, 15) is 14.4 Å². The molecule has 4 rings (SSSR count). The molecule has 0 N–H and O–H groups in total. The van der Waals surface area contributed by atoms with Gasteiger partial charge in [-0.2, -0.15) is 5.10 Å². The van der Waals surface area contributed by atoms with Crippen LogP contribution in [0.2, 0.25) is 5.02 Å². The molecule has 1 aliphatic heterocycles. The van der Waals surface area contributed by atoms with Crippen LogP contribution in [0.25, 0.3) is 16.8 Å². The molecule has 3 aromatic rings. The van der Waals surface area contributed by atoms with Gasteiger partial charge in [0.25, 0.3) is 0 Å². The van der Waals surface area contributed by atoms with Crippen molar-refractivity contribution in [3.05, 3.63) is 52.4 Å². The largest absolute Gasteiger partial charge is 0.464 e. The van der Waals surface area contributed by atoms with Crippen molar-refractivity contribution in [2.45, 2.75) is 39.3 Å². The number of fused-ring (bicyclic) bond motifs is 1. The Kier molecular flexibility index (Phi) is 7.14. The minimum absolute atomic E-state index is 0.0911. The number of aldehydes is 1. The van der Waals surface area contributed by atoms with Crippen molar-refractivity contribution in [2.24, 2.45) is 0 Å². The first-order valence-corrected chi connectivity index (χ1v) is 12.1. The first kappa shape index (κ1) is 26.4. The molecular formula is C26H28ClFN4O5. The zero-order chi connectivity index (χ0) is 27.1. The van der Waals surface area contributed by atoms with Gasteiger partial charge in [-0.05, 0) is 58.0 Å². The highest BCUT2D eigenvalue weighted by molar-refractivity contribution is 6.34. The zero-order valence-corrected chi connectivity index (χ0v) is 22.0. The normalized spacial score (nSPS) is 16.1. The molecule has 2 aromatic heterocycles. The van der Waals surface area contributed by atoms with Crippen LogP contribution in [0.5, 0.6) is 0 Å². The molecule has 11 heteroatoms. The lowest BCUT2D eigenvalue weighted by atomic mass is 10.0. The number of halogens is 2. The van der Waals surface area contributed by atoms with Crippen LogP contribution in [-0.2, 0) is 9.47 Å². The first-order valence-electron chi connectivity index (χ1n) is 11.7. The van der Waals surface area contributed by atoms with E-state index in [4.69, 9.17) is 21.1 Å². The second kappa shape index (κ2) is 10.0. The smallest absolute Gasteiger partial charge is 0.410 e. The van der Waals surface area contributed by atoms with Gasteiger partial charge < -0.3 is 19.3 Å². The highest BCUT2D eigenvalue weighted by Gasteiger charge is 2.32. The molecule has 0 aliphatic carbocycles. The number of esters is 1. The average molecular weight is 531 g/mol. The highest BCUT2D eigenvalue weighted by atomic mass is 35.5. The number of hydrogen-bond donors (Lipinski definition) is 0. The van der Waals surface area contributed by atoms with E-state index in [1.807, 2.05) is 11.8 Å². The van der Waals surface area contributed by atoms with Gasteiger partial charge in [-0.25, -0.2) is 18.5 Å². The minimum Gasteiger partial charge on any atom is -0.464 e. The van der Waals surface area contributed by atoms with E-state index in [1.54, 1.807) is 49.9 Å². The van der Waals surface area contributed by atoms with E-state index < -0.39 is 23.5 Å². The molecule has 37 heavy (non-hydrogen) atoms. The molecule has 0 spiro atoms. The molecule has 0 radical (unpaired) electrons. The van der Waals surface area contributed by atoms with Crippen molar-refractivity contribution in [2.75, 3.05) is 31.6 Å². The van der Waals surface area contributed by atoms with E-state index in [-0.39, 0.29) is 28.6 Å². The topological polar surface area (TPSA) is 93.5 Å². The standard InChI is InChI=1S/C26H28ClFN4O5/c1-15-13-30(25(35)37-26(2,3)4)10-11-31(15)20-8-6-16(23(28)17(20)14-33)19-7-9-21-18(27)12-22(24(34)36-5)32(21)29-19/h6-9,12,14-15H,10-11,13H2,1-5H3. The second-order valence-corrected chi connectivity index (χ2v) is 10.2. The number of carbonyl (C=O) groups is 3. The Morgan fingerprint density at radius 2 is 1.92 bits per heavy atom. The first-order chi connectivity index (χ1) is 17.4. The third-order valence-electron chi connectivity index (χ3n) is 6.11. The van der Waals surface area contributed by atoms with Crippen LogP contribution in [0, 0.1) is 5.82 Å². The fourth-order valence-corrected chi connectivity index (χ4v) is 4.63. The molecule has 0 saturated carbocycles. The third kappa shape index (κ3) is 5.11. The number of rotatable bonds is 4. The quantitative estimate of drug-likeness (QED) is 0.352. The summed E-state index contributed by atoms with van der Waals surface area (Å²) in [6, 6.07) is 7.62. The summed E-state index contributed by atoms with van der Waals surface area (Å²) in [7, 11) is 1.24. The lowest BCUT2D eigenvalue weighted by molar-refractivity contribution is 0.0218. The fourth-order valence-electron chi connectivity index (χ4n) is 4.39. The number of aromatic nitrogens is 2. The summed E-state index contributed by atoms with van der Waals surface area (Å²) in [6.45, 7) is 8.44. The van der Waals surface area contributed by atoms with Gasteiger partial charge in [0.2, 0.25) is 0 Å². The molecular weight excluding hydrogens is 503 g/mol. The van der Waals surface area contributed by atoms with Gasteiger partial charge in [0.15, 0.2) is 12.0 Å². The molecule has 1 unspecified atom stereocenters. The maximum absolute atomic E-state index is 15.7. The number of hydrogen-bond acceptors (Lipinski definition) is 7. The molecule has 196 valence electrons. The second-order valence-electron chi connectivity index (χ2n) is 9.83. The maximum atomic E-state index is 15.7. The van der Waals surface area contributed by atoms with E-state index in [1.165, 1.54) is 17.7 Å². The predicted molar refractivity (Wildman–Crippen MR) is 137 cm³/mol. The average Bonchev–Trinajstić information content (AvgIpc) is 3.18. The molecule has 1 amide bonds. The number of nitrogens with zero attached hydrogens (tertiary/aromatic N) is 4. The van der Waals surface area contributed by atoms with Crippen molar-refractivity contribution in [1.82, 2.24) is 14.5 Å². The third-order valence-corrected chi connectivity index (χ3v) is 6.41.